The maximum Gasteiger partial charge on any atom is 0.331 e. The SMILES string of the molecule is CC1=C[C@@H]2O[C@H]3C[C@@H]4OC(=O)C=CC=C[C@H]([C@@H](C)O)OC[C@H](O)[C@@H](C)CC(=O)OC[C@@]2(C[C@@H]1O)[C@@]4(C)[C@]31CO1. The fourth-order valence-electron chi connectivity index (χ4n) is 7.02. The lowest BCUT2D eigenvalue weighted by Crippen LogP contribution is -2.68. The van der Waals surface area contributed by atoms with Crippen LogP contribution >= 0.6 is 0 Å². The molecule has 0 aromatic carbocycles. The van der Waals surface area contributed by atoms with Crippen molar-refractivity contribution >= 4 is 11.9 Å². The molecule has 2 spiro atoms. The van der Waals surface area contributed by atoms with Gasteiger partial charge in [0.25, 0.3) is 0 Å². The van der Waals surface area contributed by atoms with Crippen LogP contribution in [-0.4, -0.2) is 95.4 Å². The number of ether oxygens (including phenoxy) is 5. The van der Waals surface area contributed by atoms with Crippen molar-refractivity contribution in [3.05, 3.63) is 36.0 Å². The highest BCUT2D eigenvalue weighted by Gasteiger charge is 2.83. The van der Waals surface area contributed by atoms with E-state index in [-0.39, 0.29) is 32.2 Å². The minimum absolute atomic E-state index is 0.0547. The van der Waals surface area contributed by atoms with Gasteiger partial charge in [0, 0.05) is 17.9 Å². The van der Waals surface area contributed by atoms with E-state index in [2.05, 4.69) is 0 Å². The molecule has 0 aromatic rings. The summed E-state index contributed by atoms with van der Waals surface area (Å²) in [6.45, 7) is 7.40. The summed E-state index contributed by atoms with van der Waals surface area (Å²) in [7, 11) is 0. The first-order valence-corrected chi connectivity index (χ1v) is 13.8. The van der Waals surface area contributed by atoms with E-state index in [4.69, 9.17) is 23.7 Å². The zero-order valence-electron chi connectivity index (χ0n) is 22.9. The molecular formula is C29H40O10. The molecule has 10 nitrogen and oxygen atoms in total. The summed E-state index contributed by atoms with van der Waals surface area (Å²) in [6.07, 6.45) is 3.77. The van der Waals surface area contributed by atoms with E-state index in [1.54, 1.807) is 26.0 Å². The number of allylic oxidation sites excluding steroid dienone is 2. The van der Waals surface area contributed by atoms with Crippen molar-refractivity contribution < 1.29 is 48.6 Å². The molecule has 1 saturated carbocycles. The Bertz CT molecular complexity index is 1060. The third-order valence-corrected chi connectivity index (χ3v) is 9.79. The molecule has 5 aliphatic rings. The molecule has 0 unspecified atom stereocenters. The van der Waals surface area contributed by atoms with Crippen molar-refractivity contribution in [1.29, 1.82) is 0 Å². The van der Waals surface area contributed by atoms with Crippen molar-refractivity contribution in [3.8, 4) is 0 Å². The smallest absolute Gasteiger partial charge is 0.331 e. The summed E-state index contributed by atoms with van der Waals surface area (Å²) < 4.78 is 30.2. The van der Waals surface area contributed by atoms with E-state index in [0.717, 1.165) is 5.57 Å². The van der Waals surface area contributed by atoms with Gasteiger partial charge in [0.15, 0.2) is 0 Å². The number of carbonyl (C=O) groups is 2. The zero-order valence-corrected chi connectivity index (χ0v) is 22.9. The molecule has 216 valence electrons. The number of carbonyl (C=O) groups excluding carboxylic acids is 2. The summed E-state index contributed by atoms with van der Waals surface area (Å²) in [5.41, 5.74) is -1.66. The Hall–Kier alpha value is -2.08. The lowest BCUT2D eigenvalue weighted by Gasteiger charge is -2.58. The maximum atomic E-state index is 13.1. The van der Waals surface area contributed by atoms with Gasteiger partial charge in [-0.05, 0) is 31.8 Å². The highest BCUT2D eigenvalue weighted by molar-refractivity contribution is 5.82. The molecule has 11 atom stereocenters. The Morgan fingerprint density at radius 3 is 2.56 bits per heavy atom. The van der Waals surface area contributed by atoms with Gasteiger partial charge >= 0.3 is 11.9 Å². The molecule has 3 fully saturated rings. The summed E-state index contributed by atoms with van der Waals surface area (Å²) >= 11 is 0. The molecule has 3 aliphatic heterocycles. The fraction of sp³-hybridized carbons (Fsp3) is 0.724. The molecule has 2 saturated heterocycles. The standard InChI is InChI=1S/C29H40O10/c1-16-9-23-28(12-19(16)31)14-36-26(34)10-17(2)20(32)13-35-21(18(3)30)7-5-6-8-25(33)39-22-11-24(38-23)29(15-37-29)27(22,28)4/h5-9,17-24,30-32H,10-15H2,1-4H3/t17-,18+,19-,20-,21+,22-,23-,24-,27-,28+,29-/m0/s1. The van der Waals surface area contributed by atoms with E-state index in [1.165, 1.54) is 12.2 Å². The molecule has 39 heavy (non-hydrogen) atoms. The Balaban J connectivity index is 1.52. The Morgan fingerprint density at radius 1 is 1.13 bits per heavy atom. The third-order valence-electron chi connectivity index (χ3n) is 9.79. The van der Waals surface area contributed by atoms with Crippen molar-refractivity contribution in [2.24, 2.45) is 16.7 Å². The first kappa shape index (κ1) is 28.4. The molecule has 0 radical (unpaired) electrons. The molecule has 10 heteroatoms. The minimum atomic E-state index is -0.969. The second-order valence-corrected chi connectivity index (χ2v) is 12.1. The van der Waals surface area contributed by atoms with Gasteiger partial charge in [-0.3, -0.25) is 4.79 Å². The van der Waals surface area contributed by atoms with Gasteiger partial charge in [0.1, 0.15) is 24.4 Å². The normalized spacial score (nSPS) is 47.4. The molecule has 3 N–H and O–H groups in total. The fourth-order valence-corrected chi connectivity index (χ4v) is 7.02. The van der Waals surface area contributed by atoms with Crippen molar-refractivity contribution in [2.45, 2.75) is 95.3 Å². The zero-order chi connectivity index (χ0) is 28.2. The minimum Gasteiger partial charge on any atom is -0.465 e. The number of hydrogen-bond donors (Lipinski definition) is 3. The van der Waals surface area contributed by atoms with Crippen LogP contribution in [-0.2, 0) is 33.3 Å². The third kappa shape index (κ3) is 4.69. The number of esters is 2. The maximum absolute atomic E-state index is 13.1. The highest BCUT2D eigenvalue weighted by atomic mass is 16.6. The van der Waals surface area contributed by atoms with Crippen LogP contribution in [0, 0.1) is 16.7 Å². The Kier molecular flexibility index (Phi) is 7.58. The number of rotatable bonds is 1. The second kappa shape index (κ2) is 10.4. The summed E-state index contributed by atoms with van der Waals surface area (Å²) in [4.78, 5) is 26.0. The summed E-state index contributed by atoms with van der Waals surface area (Å²) in [5.74, 6) is -1.53. The number of hydrogen-bond acceptors (Lipinski definition) is 10. The van der Waals surface area contributed by atoms with Gasteiger partial charge in [0.05, 0.1) is 55.6 Å². The van der Waals surface area contributed by atoms with Crippen molar-refractivity contribution in [3.63, 3.8) is 0 Å². The van der Waals surface area contributed by atoms with Crippen LogP contribution in [0.25, 0.3) is 0 Å². The quantitative estimate of drug-likeness (QED) is 0.250. The van der Waals surface area contributed by atoms with Crippen LogP contribution in [0.3, 0.4) is 0 Å². The lowest BCUT2D eigenvalue weighted by atomic mass is 9.51. The molecule has 3 heterocycles. The van der Waals surface area contributed by atoms with Gasteiger partial charge in [-0.1, -0.05) is 38.2 Å². The van der Waals surface area contributed by atoms with Crippen LogP contribution in [0.5, 0.6) is 0 Å². The summed E-state index contributed by atoms with van der Waals surface area (Å²) in [6, 6.07) is 0. The predicted octanol–water partition coefficient (Wildman–Crippen LogP) is 1.36. The van der Waals surface area contributed by atoms with Crippen molar-refractivity contribution in [2.75, 3.05) is 19.8 Å². The van der Waals surface area contributed by atoms with Gasteiger partial charge in [-0.2, -0.15) is 0 Å². The second-order valence-electron chi connectivity index (χ2n) is 12.1. The highest BCUT2D eigenvalue weighted by Crippen LogP contribution is 2.72. The van der Waals surface area contributed by atoms with Crippen LogP contribution in [0.1, 0.15) is 47.0 Å². The van der Waals surface area contributed by atoms with Crippen LogP contribution in [0.4, 0.5) is 0 Å². The monoisotopic (exact) mass is 548 g/mol. The van der Waals surface area contributed by atoms with Crippen LogP contribution in [0.2, 0.25) is 0 Å². The van der Waals surface area contributed by atoms with E-state index in [1.807, 2.05) is 19.9 Å². The average molecular weight is 549 g/mol. The van der Waals surface area contributed by atoms with Crippen LogP contribution in [0.15, 0.2) is 36.0 Å². The predicted molar refractivity (Wildman–Crippen MR) is 137 cm³/mol. The van der Waals surface area contributed by atoms with Gasteiger partial charge < -0.3 is 39.0 Å². The molecular weight excluding hydrogens is 508 g/mol. The first-order valence-electron chi connectivity index (χ1n) is 13.8. The van der Waals surface area contributed by atoms with E-state index < -0.39 is 70.9 Å². The van der Waals surface area contributed by atoms with Gasteiger partial charge in [0.2, 0.25) is 0 Å². The average Bonchev–Trinajstić information content (AvgIpc) is 3.65. The Morgan fingerprint density at radius 2 is 1.87 bits per heavy atom. The van der Waals surface area contributed by atoms with Gasteiger partial charge in [-0.25, -0.2) is 4.79 Å². The molecule has 0 aromatic heterocycles. The van der Waals surface area contributed by atoms with Gasteiger partial charge in [-0.15, -0.1) is 0 Å². The molecule has 0 amide bonds. The van der Waals surface area contributed by atoms with E-state index >= 15 is 0 Å². The first-order chi connectivity index (χ1) is 18.4. The topological polar surface area (TPSA) is 144 Å². The van der Waals surface area contributed by atoms with E-state index in [9.17, 15) is 24.9 Å². The molecule has 2 bridgehead atoms. The Labute approximate surface area is 228 Å². The molecule has 2 aliphatic carbocycles. The summed E-state index contributed by atoms with van der Waals surface area (Å²) in [5, 5.41) is 31.7. The molecule has 5 rings (SSSR count). The largest absolute Gasteiger partial charge is 0.465 e. The number of epoxide rings is 1. The van der Waals surface area contributed by atoms with Crippen LogP contribution < -0.4 is 0 Å². The number of aliphatic hydroxyl groups excluding tert-OH is 3. The number of cyclic esters (lactones) is 1. The lowest BCUT2D eigenvalue weighted by molar-refractivity contribution is -0.239. The van der Waals surface area contributed by atoms with Crippen molar-refractivity contribution in [1.82, 2.24) is 0 Å². The van der Waals surface area contributed by atoms with E-state index in [0.29, 0.717) is 13.0 Å². The number of aliphatic hydroxyl groups is 3.